The Labute approximate surface area is 109 Å². The maximum Gasteiger partial charge on any atom is 0.134 e. The Bertz CT molecular complexity index is 554. The second kappa shape index (κ2) is 5.19. The molecule has 0 aliphatic rings. The number of hydrogen-bond acceptors (Lipinski definition) is 3. The molecule has 0 aliphatic heterocycles. The molecule has 3 nitrogen and oxygen atoms in total. The summed E-state index contributed by atoms with van der Waals surface area (Å²) in [7, 11) is 1.66. The molecule has 0 fully saturated rings. The molecule has 0 radical (unpaired) electrons. The van der Waals surface area contributed by atoms with E-state index >= 15 is 0 Å². The van der Waals surface area contributed by atoms with E-state index in [1.54, 1.807) is 13.3 Å². The van der Waals surface area contributed by atoms with Gasteiger partial charge in [0.1, 0.15) is 11.6 Å². The van der Waals surface area contributed by atoms with Gasteiger partial charge < -0.3 is 10.1 Å². The lowest BCUT2D eigenvalue weighted by Gasteiger charge is -2.08. The summed E-state index contributed by atoms with van der Waals surface area (Å²) in [4.78, 5) is 4.32. The van der Waals surface area contributed by atoms with Crippen molar-refractivity contribution in [2.24, 2.45) is 0 Å². The summed E-state index contributed by atoms with van der Waals surface area (Å²) in [5.41, 5.74) is 0. The zero-order valence-electron chi connectivity index (χ0n) is 9.53. The average Bonchev–Trinajstić information content (AvgIpc) is 2.35. The molecule has 0 saturated carbocycles. The number of fused-ring (bicyclic) bond motifs is 1. The SMILES string of the molecule is C=C(Br)CNc1nccc2cc(OC)ccc12. The number of benzene rings is 1. The van der Waals surface area contributed by atoms with Crippen LogP contribution in [0.4, 0.5) is 5.82 Å². The van der Waals surface area contributed by atoms with E-state index in [0.29, 0.717) is 6.54 Å². The van der Waals surface area contributed by atoms with Gasteiger partial charge in [-0.15, -0.1) is 0 Å². The van der Waals surface area contributed by atoms with E-state index in [2.05, 4.69) is 32.8 Å². The zero-order valence-corrected chi connectivity index (χ0v) is 11.1. The monoisotopic (exact) mass is 292 g/mol. The van der Waals surface area contributed by atoms with E-state index in [-0.39, 0.29) is 0 Å². The lowest BCUT2D eigenvalue weighted by molar-refractivity contribution is 0.415. The Morgan fingerprint density at radius 1 is 1.47 bits per heavy atom. The smallest absolute Gasteiger partial charge is 0.134 e. The van der Waals surface area contributed by atoms with Crippen molar-refractivity contribution in [3.63, 3.8) is 0 Å². The second-order valence-corrected chi connectivity index (χ2v) is 4.74. The second-order valence-electron chi connectivity index (χ2n) is 3.62. The van der Waals surface area contributed by atoms with E-state index in [9.17, 15) is 0 Å². The first kappa shape index (κ1) is 11.9. The highest BCUT2D eigenvalue weighted by Crippen LogP contribution is 2.25. The first-order valence-electron chi connectivity index (χ1n) is 5.20. The van der Waals surface area contributed by atoms with Gasteiger partial charge in [-0.05, 0) is 29.7 Å². The fourth-order valence-electron chi connectivity index (χ4n) is 1.60. The van der Waals surface area contributed by atoms with Crippen molar-refractivity contribution < 1.29 is 4.74 Å². The van der Waals surface area contributed by atoms with E-state index in [1.807, 2.05) is 24.3 Å². The van der Waals surface area contributed by atoms with Gasteiger partial charge in [0, 0.05) is 22.6 Å². The molecular weight excluding hydrogens is 280 g/mol. The summed E-state index contributed by atoms with van der Waals surface area (Å²) in [5.74, 6) is 1.70. The molecule has 1 aromatic heterocycles. The summed E-state index contributed by atoms with van der Waals surface area (Å²) in [6, 6.07) is 7.88. The molecule has 0 saturated heterocycles. The van der Waals surface area contributed by atoms with Crippen LogP contribution >= 0.6 is 15.9 Å². The number of anilines is 1. The lowest BCUT2D eigenvalue weighted by atomic mass is 10.1. The van der Waals surface area contributed by atoms with Crippen LogP contribution in [0, 0.1) is 0 Å². The molecular formula is C13H13BrN2O. The molecule has 0 aliphatic carbocycles. The van der Waals surface area contributed by atoms with Crippen molar-refractivity contribution in [2.75, 3.05) is 19.0 Å². The minimum Gasteiger partial charge on any atom is -0.497 e. The molecule has 2 rings (SSSR count). The Kier molecular flexibility index (Phi) is 3.64. The summed E-state index contributed by atoms with van der Waals surface area (Å²) in [6.07, 6.45) is 1.78. The first-order chi connectivity index (χ1) is 8.20. The standard InChI is InChI=1S/C13H13BrN2O/c1-9(14)8-16-13-12-4-3-11(17-2)7-10(12)5-6-15-13/h3-7H,1,8H2,2H3,(H,15,16). The van der Waals surface area contributed by atoms with Crippen molar-refractivity contribution in [1.29, 1.82) is 0 Å². The molecule has 0 bridgehead atoms. The van der Waals surface area contributed by atoms with Crippen molar-refractivity contribution in [1.82, 2.24) is 4.98 Å². The van der Waals surface area contributed by atoms with E-state index in [0.717, 1.165) is 26.8 Å². The highest BCUT2D eigenvalue weighted by atomic mass is 79.9. The summed E-state index contributed by atoms with van der Waals surface area (Å²) < 4.78 is 6.09. The van der Waals surface area contributed by atoms with Crippen molar-refractivity contribution in [3.05, 3.63) is 41.5 Å². The number of aromatic nitrogens is 1. The number of methoxy groups -OCH3 is 1. The highest BCUT2D eigenvalue weighted by molar-refractivity contribution is 9.11. The number of halogens is 1. The maximum absolute atomic E-state index is 5.20. The molecule has 0 spiro atoms. The number of hydrogen-bond donors (Lipinski definition) is 1. The van der Waals surface area contributed by atoms with Gasteiger partial charge in [-0.1, -0.05) is 22.5 Å². The third-order valence-electron chi connectivity index (χ3n) is 2.42. The molecule has 17 heavy (non-hydrogen) atoms. The maximum atomic E-state index is 5.20. The van der Waals surface area contributed by atoms with Crippen molar-refractivity contribution in [3.8, 4) is 5.75 Å². The molecule has 0 unspecified atom stereocenters. The van der Waals surface area contributed by atoms with E-state index in [4.69, 9.17) is 4.74 Å². The van der Waals surface area contributed by atoms with Crippen LogP contribution in [0.2, 0.25) is 0 Å². The fraction of sp³-hybridized carbons (Fsp3) is 0.154. The largest absolute Gasteiger partial charge is 0.497 e. The van der Waals surface area contributed by atoms with Crippen LogP contribution in [0.5, 0.6) is 5.75 Å². The Balaban J connectivity index is 2.39. The summed E-state index contributed by atoms with van der Waals surface area (Å²) >= 11 is 3.31. The number of rotatable bonds is 4. The van der Waals surface area contributed by atoms with Crippen molar-refractivity contribution in [2.45, 2.75) is 0 Å². The predicted molar refractivity (Wildman–Crippen MR) is 74.9 cm³/mol. The van der Waals surface area contributed by atoms with Gasteiger partial charge in [0.25, 0.3) is 0 Å². The molecule has 1 heterocycles. The number of ether oxygens (including phenoxy) is 1. The van der Waals surface area contributed by atoms with Crippen LogP contribution in [0.15, 0.2) is 41.5 Å². The minimum atomic E-state index is 0.651. The van der Waals surface area contributed by atoms with Crippen LogP contribution < -0.4 is 10.1 Å². The molecule has 4 heteroatoms. The Hall–Kier alpha value is -1.55. The molecule has 88 valence electrons. The average molecular weight is 293 g/mol. The number of nitrogens with one attached hydrogen (secondary N) is 1. The molecule has 2 aromatic rings. The van der Waals surface area contributed by atoms with Gasteiger partial charge in [0.2, 0.25) is 0 Å². The zero-order chi connectivity index (χ0) is 12.3. The van der Waals surface area contributed by atoms with Crippen LogP contribution in [0.1, 0.15) is 0 Å². The molecule has 0 atom stereocenters. The Morgan fingerprint density at radius 3 is 3.00 bits per heavy atom. The van der Waals surface area contributed by atoms with Gasteiger partial charge in [-0.25, -0.2) is 4.98 Å². The summed E-state index contributed by atoms with van der Waals surface area (Å²) in [5, 5.41) is 5.40. The van der Waals surface area contributed by atoms with Crippen LogP contribution in [0.25, 0.3) is 10.8 Å². The number of nitrogens with zero attached hydrogens (tertiary/aromatic N) is 1. The van der Waals surface area contributed by atoms with E-state index in [1.165, 1.54) is 0 Å². The quantitative estimate of drug-likeness (QED) is 0.936. The predicted octanol–water partition coefficient (Wildman–Crippen LogP) is 3.56. The van der Waals surface area contributed by atoms with Crippen molar-refractivity contribution >= 4 is 32.5 Å². The lowest BCUT2D eigenvalue weighted by Crippen LogP contribution is -2.02. The van der Waals surface area contributed by atoms with Gasteiger partial charge >= 0.3 is 0 Å². The number of pyridine rings is 1. The van der Waals surface area contributed by atoms with Crippen LogP contribution in [-0.2, 0) is 0 Å². The minimum absolute atomic E-state index is 0.651. The normalized spacial score (nSPS) is 10.2. The van der Waals surface area contributed by atoms with E-state index < -0.39 is 0 Å². The fourth-order valence-corrected chi connectivity index (χ4v) is 1.74. The van der Waals surface area contributed by atoms with Crippen LogP contribution in [-0.4, -0.2) is 18.6 Å². The van der Waals surface area contributed by atoms with Gasteiger partial charge in [0.15, 0.2) is 0 Å². The first-order valence-corrected chi connectivity index (χ1v) is 6.00. The highest BCUT2D eigenvalue weighted by Gasteiger charge is 2.03. The van der Waals surface area contributed by atoms with Gasteiger partial charge in [-0.3, -0.25) is 0 Å². The van der Waals surface area contributed by atoms with Crippen LogP contribution in [0.3, 0.4) is 0 Å². The molecule has 0 amide bonds. The summed E-state index contributed by atoms with van der Waals surface area (Å²) in [6.45, 7) is 4.43. The molecule has 1 aromatic carbocycles. The topological polar surface area (TPSA) is 34.2 Å². The van der Waals surface area contributed by atoms with Gasteiger partial charge in [0.05, 0.1) is 7.11 Å². The molecule has 1 N–H and O–H groups in total. The third-order valence-corrected chi connectivity index (χ3v) is 2.70. The Morgan fingerprint density at radius 2 is 2.29 bits per heavy atom. The third kappa shape index (κ3) is 2.77. The van der Waals surface area contributed by atoms with Gasteiger partial charge in [-0.2, -0.15) is 0 Å².